The molecule has 0 spiro atoms. The lowest BCUT2D eigenvalue weighted by molar-refractivity contribution is 0.0688. The van der Waals surface area contributed by atoms with Crippen LogP contribution >= 0.6 is 11.6 Å². The van der Waals surface area contributed by atoms with Crippen molar-refractivity contribution in [1.29, 1.82) is 0 Å². The third-order valence-corrected chi connectivity index (χ3v) is 6.45. The SMILES string of the molecule is O=C(O)c1cccc2c(Cl)c3ccccc3cc12.O=C(O)c1cccc2cc3ccccc3cc12. The normalized spacial score (nSPS) is 10.9. The molecule has 0 radical (unpaired) electrons. The molecule has 6 aromatic carbocycles. The molecule has 0 unspecified atom stereocenters. The lowest BCUT2D eigenvalue weighted by Crippen LogP contribution is -1.97. The van der Waals surface area contributed by atoms with Crippen molar-refractivity contribution in [1.82, 2.24) is 0 Å². The molecule has 170 valence electrons. The van der Waals surface area contributed by atoms with Crippen molar-refractivity contribution < 1.29 is 19.8 Å². The molecule has 0 aliphatic rings. The highest BCUT2D eigenvalue weighted by Gasteiger charge is 2.12. The maximum absolute atomic E-state index is 11.2. The second-order valence-corrected chi connectivity index (χ2v) is 8.53. The van der Waals surface area contributed by atoms with E-state index in [1.165, 1.54) is 0 Å². The molecule has 4 nitrogen and oxygen atoms in total. The average Bonchev–Trinajstić information content (AvgIpc) is 2.87. The summed E-state index contributed by atoms with van der Waals surface area (Å²) in [6.07, 6.45) is 0. The highest BCUT2D eigenvalue weighted by Crippen LogP contribution is 2.34. The Morgan fingerprint density at radius 3 is 1.63 bits per heavy atom. The van der Waals surface area contributed by atoms with Crippen LogP contribution in [-0.4, -0.2) is 22.2 Å². The number of fused-ring (bicyclic) bond motifs is 4. The molecule has 0 amide bonds. The fourth-order valence-electron chi connectivity index (χ4n) is 4.38. The summed E-state index contributed by atoms with van der Waals surface area (Å²) in [6.45, 7) is 0. The first kappa shape index (κ1) is 22.4. The van der Waals surface area contributed by atoms with Crippen molar-refractivity contribution in [3.63, 3.8) is 0 Å². The van der Waals surface area contributed by atoms with Crippen molar-refractivity contribution in [2.75, 3.05) is 0 Å². The maximum atomic E-state index is 11.2. The predicted octanol–water partition coefficient (Wildman–Crippen LogP) is 8.04. The Bertz CT molecular complexity index is 1770. The second kappa shape index (κ2) is 9.09. The van der Waals surface area contributed by atoms with Gasteiger partial charge in [-0.1, -0.05) is 84.4 Å². The summed E-state index contributed by atoms with van der Waals surface area (Å²) in [7, 11) is 0. The lowest BCUT2D eigenvalue weighted by atomic mass is 9.99. The van der Waals surface area contributed by atoms with E-state index in [9.17, 15) is 14.7 Å². The number of halogens is 1. The molecule has 0 fully saturated rings. The molecular formula is C30H19ClO4. The van der Waals surface area contributed by atoms with Crippen molar-refractivity contribution in [3.05, 3.63) is 119 Å². The average molecular weight is 479 g/mol. The van der Waals surface area contributed by atoms with Crippen molar-refractivity contribution >= 4 is 66.6 Å². The smallest absolute Gasteiger partial charge is 0.336 e. The van der Waals surface area contributed by atoms with Crippen LogP contribution in [0.25, 0.3) is 43.1 Å². The number of hydrogen-bond donors (Lipinski definition) is 2. The minimum absolute atomic E-state index is 0.278. The van der Waals surface area contributed by atoms with E-state index in [0.29, 0.717) is 16.0 Å². The summed E-state index contributed by atoms with van der Waals surface area (Å²) in [4.78, 5) is 22.4. The van der Waals surface area contributed by atoms with Crippen LogP contribution in [0.4, 0.5) is 0 Å². The van der Waals surface area contributed by atoms with Crippen molar-refractivity contribution in [3.8, 4) is 0 Å². The van der Waals surface area contributed by atoms with Gasteiger partial charge in [-0.2, -0.15) is 0 Å². The Kier molecular flexibility index (Phi) is 5.81. The zero-order valence-electron chi connectivity index (χ0n) is 18.4. The molecule has 5 heteroatoms. The molecule has 35 heavy (non-hydrogen) atoms. The Hall–Kier alpha value is -4.41. The molecule has 2 N–H and O–H groups in total. The van der Waals surface area contributed by atoms with E-state index >= 15 is 0 Å². The fraction of sp³-hybridized carbons (Fsp3) is 0. The first-order chi connectivity index (χ1) is 16.9. The molecule has 0 aliphatic carbocycles. The summed E-state index contributed by atoms with van der Waals surface area (Å²) in [5.41, 5.74) is 0.633. The van der Waals surface area contributed by atoms with Gasteiger partial charge in [0.25, 0.3) is 0 Å². The van der Waals surface area contributed by atoms with Gasteiger partial charge in [0, 0.05) is 10.8 Å². The van der Waals surface area contributed by atoms with Crippen LogP contribution in [0.15, 0.2) is 103 Å². The Morgan fingerprint density at radius 2 is 0.943 bits per heavy atom. The number of carboxylic acid groups (broad SMARTS) is 2. The highest BCUT2D eigenvalue weighted by atomic mass is 35.5. The second-order valence-electron chi connectivity index (χ2n) is 8.15. The van der Waals surface area contributed by atoms with E-state index in [4.69, 9.17) is 16.7 Å². The Morgan fingerprint density at radius 1 is 0.486 bits per heavy atom. The van der Waals surface area contributed by atoms with E-state index in [2.05, 4.69) is 0 Å². The Balaban J connectivity index is 0.000000145. The van der Waals surface area contributed by atoms with Gasteiger partial charge < -0.3 is 10.2 Å². The molecule has 0 bridgehead atoms. The van der Waals surface area contributed by atoms with Gasteiger partial charge in [-0.05, 0) is 62.6 Å². The number of carboxylic acids is 2. The number of aromatic carboxylic acids is 2. The molecule has 0 saturated carbocycles. The summed E-state index contributed by atoms with van der Waals surface area (Å²) in [5.74, 6) is -1.82. The largest absolute Gasteiger partial charge is 0.478 e. The molecule has 0 atom stereocenters. The van der Waals surface area contributed by atoms with Gasteiger partial charge in [0.05, 0.1) is 16.1 Å². The molecule has 0 aliphatic heterocycles. The molecule has 0 aromatic heterocycles. The lowest BCUT2D eigenvalue weighted by Gasteiger charge is -2.08. The van der Waals surface area contributed by atoms with Crippen molar-refractivity contribution in [2.45, 2.75) is 0 Å². The third-order valence-electron chi connectivity index (χ3n) is 6.05. The number of rotatable bonds is 2. The van der Waals surface area contributed by atoms with Crippen LogP contribution in [0.3, 0.4) is 0 Å². The number of hydrogen-bond acceptors (Lipinski definition) is 2. The van der Waals surface area contributed by atoms with Crippen molar-refractivity contribution in [2.24, 2.45) is 0 Å². The van der Waals surface area contributed by atoms with Gasteiger partial charge in [-0.15, -0.1) is 0 Å². The van der Waals surface area contributed by atoms with E-state index in [1.54, 1.807) is 24.3 Å². The van der Waals surface area contributed by atoms with Gasteiger partial charge in [-0.3, -0.25) is 0 Å². The van der Waals surface area contributed by atoms with Crippen LogP contribution in [0.1, 0.15) is 20.7 Å². The Labute approximate surface area is 205 Å². The van der Waals surface area contributed by atoms with Gasteiger partial charge in [0.15, 0.2) is 0 Å². The standard InChI is InChI=1S/C15H9ClO2.C15H10O2/c16-14-10-5-2-1-4-9(10)8-13-11(14)6-3-7-12(13)15(17)18;16-15(17)13-7-3-6-12-8-10-4-1-2-5-11(10)9-14(12)13/h1-8H,(H,17,18);1-9H,(H,16,17). The van der Waals surface area contributed by atoms with Gasteiger partial charge in [0.1, 0.15) is 0 Å². The summed E-state index contributed by atoms with van der Waals surface area (Å²) in [5, 5.41) is 26.2. The van der Waals surface area contributed by atoms with Crippen LogP contribution in [0, 0.1) is 0 Å². The van der Waals surface area contributed by atoms with E-state index in [1.807, 2.05) is 78.9 Å². The van der Waals surface area contributed by atoms with Crippen LogP contribution < -0.4 is 0 Å². The zero-order chi connectivity index (χ0) is 24.5. The quantitative estimate of drug-likeness (QED) is 0.247. The third kappa shape index (κ3) is 4.16. The van der Waals surface area contributed by atoms with E-state index in [0.717, 1.165) is 37.7 Å². The van der Waals surface area contributed by atoms with Crippen LogP contribution in [-0.2, 0) is 0 Å². The first-order valence-electron chi connectivity index (χ1n) is 10.9. The fourth-order valence-corrected chi connectivity index (χ4v) is 4.71. The van der Waals surface area contributed by atoms with Crippen LogP contribution in [0.5, 0.6) is 0 Å². The van der Waals surface area contributed by atoms with E-state index < -0.39 is 11.9 Å². The minimum Gasteiger partial charge on any atom is -0.478 e. The zero-order valence-corrected chi connectivity index (χ0v) is 19.2. The molecule has 6 aromatic rings. The number of carbonyl (C=O) groups is 2. The van der Waals surface area contributed by atoms with Crippen LogP contribution in [0.2, 0.25) is 5.02 Å². The van der Waals surface area contributed by atoms with Gasteiger partial charge >= 0.3 is 11.9 Å². The molecule has 0 heterocycles. The number of benzene rings is 6. The maximum Gasteiger partial charge on any atom is 0.336 e. The minimum atomic E-state index is -0.938. The van der Waals surface area contributed by atoms with Gasteiger partial charge in [-0.25, -0.2) is 9.59 Å². The predicted molar refractivity (Wildman–Crippen MR) is 142 cm³/mol. The highest BCUT2D eigenvalue weighted by molar-refractivity contribution is 6.41. The molecule has 0 saturated heterocycles. The molecular weight excluding hydrogens is 460 g/mol. The summed E-state index contributed by atoms with van der Waals surface area (Å²) < 4.78 is 0. The monoisotopic (exact) mass is 478 g/mol. The van der Waals surface area contributed by atoms with E-state index in [-0.39, 0.29) is 5.56 Å². The first-order valence-corrected chi connectivity index (χ1v) is 11.3. The molecule has 6 rings (SSSR count). The summed E-state index contributed by atoms with van der Waals surface area (Å²) in [6, 6.07) is 32.0. The summed E-state index contributed by atoms with van der Waals surface area (Å²) >= 11 is 6.36. The van der Waals surface area contributed by atoms with Gasteiger partial charge in [0.2, 0.25) is 0 Å². The topological polar surface area (TPSA) is 74.6 Å².